The highest BCUT2D eigenvalue weighted by molar-refractivity contribution is 7.57. The van der Waals surface area contributed by atoms with Crippen LogP contribution in [0, 0.1) is 0 Å². The van der Waals surface area contributed by atoms with E-state index < -0.39 is 104 Å². The Morgan fingerprint density at radius 3 is 2.07 bits per heavy atom. The second kappa shape index (κ2) is 22.2. The number of aromatic nitrogens is 2. The molecule has 0 spiro atoms. The van der Waals surface area contributed by atoms with Gasteiger partial charge in [0.1, 0.15) is 30.7 Å². The van der Waals surface area contributed by atoms with Crippen molar-refractivity contribution in [2.45, 2.75) is 122 Å². The number of hydrogen-bond donors (Lipinski definition) is 4. The second-order valence-corrected chi connectivity index (χ2v) is 16.6. The van der Waals surface area contributed by atoms with Crippen molar-refractivity contribution in [3.63, 3.8) is 0 Å². The minimum absolute atomic E-state index is 0.00173. The van der Waals surface area contributed by atoms with Gasteiger partial charge in [-0.2, -0.15) is 4.98 Å². The first-order valence-electron chi connectivity index (χ1n) is 18.8. The molecular formula is C35H58N5O17P. The number of nitrogens with two attached hydrogens (primary N) is 1. The molecule has 5 N–H and O–H groups in total. The molecule has 0 saturated carbocycles. The molecule has 2 saturated heterocycles. The average Bonchev–Trinajstić information content (AvgIpc) is 3.46. The predicted octanol–water partition coefficient (Wildman–Crippen LogP) is -0.388. The molecule has 1 aromatic rings. The molecule has 9 atom stereocenters. The van der Waals surface area contributed by atoms with E-state index in [1.807, 2.05) is 0 Å². The van der Waals surface area contributed by atoms with Gasteiger partial charge in [-0.3, -0.25) is 28.3 Å². The zero-order valence-corrected chi connectivity index (χ0v) is 35.0. The van der Waals surface area contributed by atoms with E-state index in [0.717, 1.165) is 18.4 Å². The van der Waals surface area contributed by atoms with E-state index in [1.165, 1.54) is 26.1 Å². The summed E-state index contributed by atoms with van der Waals surface area (Å²) in [6, 6.07) is -0.616. The summed E-state index contributed by atoms with van der Waals surface area (Å²) in [7, 11) is -4.33. The Morgan fingerprint density at radius 1 is 0.966 bits per heavy atom. The lowest BCUT2D eigenvalue weighted by molar-refractivity contribution is -0.279. The van der Waals surface area contributed by atoms with Crippen molar-refractivity contribution in [3.05, 3.63) is 22.7 Å². The Labute approximate surface area is 336 Å². The van der Waals surface area contributed by atoms with Gasteiger partial charge in [-0.15, -0.1) is 0 Å². The van der Waals surface area contributed by atoms with Crippen LogP contribution in [-0.4, -0.2) is 156 Å². The number of aliphatic hydroxyl groups is 2. The summed E-state index contributed by atoms with van der Waals surface area (Å²) in [5.41, 5.74) is 2.76. The molecule has 2 aliphatic rings. The minimum Gasteiger partial charge on any atom is -0.463 e. The van der Waals surface area contributed by atoms with Crippen molar-refractivity contribution in [2.24, 2.45) is 0 Å². The fraction of sp³-hybridized carbons (Fsp3) is 0.771. The van der Waals surface area contributed by atoms with Crippen molar-refractivity contribution in [3.8, 4) is 0 Å². The van der Waals surface area contributed by atoms with Crippen LogP contribution >= 0.6 is 7.52 Å². The number of esters is 3. The normalized spacial score (nSPS) is 27.0. The third-order valence-electron chi connectivity index (χ3n) is 8.88. The summed E-state index contributed by atoms with van der Waals surface area (Å²) < 4.78 is 69.3. The van der Waals surface area contributed by atoms with Gasteiger partial charge >= 0.3 is 31.1 Å². The van der Waals surface area contributed by atoms with E-state index in [1.54, 1.807) is 32.4 Å². The van der Waals surface area contributed by atoms with Crippen LogP contribution in [0.25, 0.3) is 0 Å². The molecule has 3 heterocycles. The van der Waals surface area contributed by atoms with Gasteiger partial charge in [-0.25, -0.2) is 9.46 Å². The average molecular weight is 852 g/mol. The van der Waals surface area contributed by atoms with Crippen LogP contribution in [0.3, 0.4) is 0 Å². The van der Waals surface area contributed by atoms with Crippen LogP contribution in [0.2, 0.25) is 0 Å². The summed E-state index contributed by atoms with van der Waals surface area (Å²) in [5.74, 6) is -2.73. The maximum Gasteiger partial charge on any atom is 0.352 e. The monoisotopic (exact) mass is 851 g/mol. The van der Waals surface area contributed by atoms with Crippen LogP contribution < -0.4 is 16.7 Å². The van der Waals surface area contributed by atoms with Crippen molar-refractivity contribution < 1.29 is 76.4 Å². The molecule has 2 aliphatic heterocycles. The van der Waals surface area contributed by atoms with Crippen molar-refractivity contribution in [1.29, 1.82) is 0 Å². The van der Waals surface area contributed by atoms with E-state index in [9.17, 15) is 34.2 Å². The number of aliphatic hydroxyl groups excluding tert-OH is 2. The molecule has 3 rings (SSSR count). The maximum atomic E-state index is 15.4. The van der Waals surface area contributed by atoms with Crippen LogP contribution in [0.5, 0.6) is 0 Å². The molecule has 0 aliphatic carbocycles. The van der Waals surface area contributed by atoms with E-state index >= 15 is 4.57 Å². The number of nitrogens with zero attached hydrogens (tertiary/aromatic N) is 3. The zero-order chi connectivity index (χ0) is 43.4. The van der Waals surface area contributed by atoms with Crippen molar-refractivity contribution >= 4 is 37.2 Å². The Bertz CT molecular complexity index is 1640. The molecule has 23 heteroatoms. The van der Waals surface area contributed by atoms with Gasteiger partial charge in [0.15, 0.2) is 18.5 Å². The number of rotatable bonds is 22. The van der Waals surface area contributed by atoms with Gasteiger partial charge in [0.25, 0.3) is 0 Å². The Morgan fingerprint density at radius 2 is 1.55 bits per heavy atom. The summed E-state index contributed by atoms with van der Waals surface area (Å²) in [6.45, 7) is 10.5. The molecule has 22 nitrogen and oxygen atoms in total. The minimum atomic E-state index is -4.33. The van der Waals surface area contributed by atoms with Gasteiger partial charge in [0, 0.05) is 52.4 Å². The predicted molar refractivity (Wildman–Crippen MR) is 201 cm³/mol. The lowest BCUT2D eigenvalue weighted by Crippen LogP contribution is -2.66. The van der Waals surface area contributed by atoms with Crippen LogP contribution in [0.1, 0.15) is 61.8 Å². The number of nitrogen functional groups attached to an aromatic ring is 1. The lowest BCUT2D eigenvalue weighted by atomic mass is 9.96. The van der Waals surface area contributed by atoms with Crippen LogP contribution in [-0.2, 0) is 71.6 Å². The molecule has 330 valence electrons. The third-order valence-corrected chi connectivity index (χ3v) is 12.3. The first-order valence-corrected chi connectivity index (χ1v) is 20.4. The Kier molecular flexibility index (Phi) is 18.6. The number of anilines is 1. The van der Waals surface area contributed by atoms with Gasteiger partial charge in [0.05, 0.1) is 52.4 Å². The molecule has 0 bridgehead atoms. The third kappa shape index (κ3) is 12.5. The van der Waals surface area contributed by atoms with Crippen LogP contribution in [0.15, 0.2) is 17.1 Å². The van der Waals surface area contributed by atoms with E-state index in [2.05, 4.69) is 10.3 Å². The van der Waals surface area contributed by atoms with E-state index in [4.69, 9.17) is 48.2 Å². The summed E-state index contributed by atoms with van der Waals surface area (Å²) in [5, 5.41) is 23.5. The highest BCUT2D eigenvalue weighted by atomic mass is 31.2. The number of ether oxygens (including phenoxy) is 8. The number of hydrogen-bond acceptors (Lipinski definition) is 19. The fourth-order valence-corrected chi connectivity index (χ4v) is 10.2. The molecule has 58 heavy (non-hydrogen) atoms. The first kappa shape index (κ1) is 48.8. The molecule has 1 aromatic heterocycles. The van der Waals surface area contributed by atoms with Crippen molar-refractivity contribution in [1.82, 2.24) is 19.5 Å². The first-order chi connectivity index (χ1) is 27.3. The quantitative estimate of drug-likeness (QED) is 0.0500. The number of carbonyl (C=O) groups excluding carboxylic acids is 4. The molecule has 1 amide bonds. The summed E-state index contributed by atoms with van der Waals surface area (Å²) in [4.78, 5) is 64.7. The molecule has 0 aromatic carbocycles. The number of amides is 1. The smallest absolute Gasteiger partial charge is 0.352 e. The summed E-state index contributed by atoms with van der Waals surface area (Å²) >= 11 is 0. The lowest BCUT2D eigenvalue weighted by Gasteiger charge is -2.46. The molecule has 2 fully saturated rings. The largest absolute Gasteiger partial charge is 0.463 e. The highest BCUT2D eigenvalue weighted by Crippen LogP contribution is 2.69. The van der Waals surface area contributed by atoms with Crippen LogP contribution in [0.4, 0.5) is 5.82 Å². The maximum absolute atomic E-state index is 15.4. The number of nitrogens with one attached hydrogen (secondary N) is 1. The second-order valence-electron chi connectivity index (χ2n) is 14.1. The van der Waals surface area contributed by atoms with E-state index in [-0.39, 0.29) is 58.5 Å². The van der Waals surface area contributed by atoms with Gasteiger partial charge in [0.2, 0.25) is 11.4 Å². The molecule has 1 unspecified atom stereocenters. The highest BCUT2D eigenvalue weighted by Gasteiger charge is 2.64. The summed E-state index contributed by atoms with van der Waals surface area (Å²) in [6.07, 6.45) is -6.52. The Balaban J connectivity index is 1.65. The topological polar surface area (TPSA) is 285 Å². The molecular weight excluding hydrogens is 793 g/mol. The molecule has 0 radical (unpaired) electrons. The van der Waals surface area contributed by atoms with Gasteiger partial charge < -0.3 is 63.7 Å². The van der Waals surface area contributed by atoms with Gasteiger partial charge in [-0.1, -0.05) is 0 Å². The van der Waals surface area contributed by atoms with Gasteiger partial charge in [-0.05, 0) is 33.8 Å². The fourth-order valence-electron chi connectivity index (χ4n) is 6.84. The zero-order valence-electron chi connectivity index (χ0n) is 34.1. The Hall–Kier alpha value is -3.57. The van der Waals surface area contributed by atoms with E-state index in [0.29, 0.717) is 0 Å². The standard InChI is InChI=1S/C35H58N5O17P/c1-20(2)40(21(3)4)58(48,35(17-26(46)27(18-41)57-35)39-10-9-29(36)38-34(39)47)53-16-14-50-12-11-49-13-15-51-33-30(37-22(5)42)32(55-25(8)45)31(54-24(7)44)28(56-33)19-52-23(6)43/h9-10,20-21,26-28,30-33,41,46H,11-19H2,1-8H3,(H,37,42)(H2,36,38,47)/t26-,27+,28+,30+,31-,32+,33+,35-,58?/m0/s1. The SMILES string of the molecule is CC(=O)N[C@H]1[C@H](OCCOCCOCCOP(=O)(N(C(C)C)C(C)C)[C@]2(n3ccc(N)nc3=O)C[C@H](O)[C@@H](CO)O2)O[C@H](COC(C)=O)[C@H](OC(C)=O)[C@@H]1OC(C)=O. The van der Waals surface area contributed by atoms with Crippen molar-refractivity contribution in [2.75, 3.05) is 58.6 Å². The number of carbonyl (C=O) groups is 4.